The number of benzene rings is 1. The third kappa shape index (κ3) is 3.92. The fourth-order valence-corrected chi connectivity index (χ4v) is 2.22. The van der Waals surface area contributed by atoms with Crippen LogP contribution in [0, 0.1) is 5.82 Å². The first-order chi connectivity index (χ1) is 11.2. The van der Waals surface area contributed by atoms with Gasteiger partial charge in [0.25, 0.3) is 0 Å². The highest BCUT2D eigenvalue weighted by Crippen LogP contribution is 2.18. The zero-order chi connectivity index (χ0) is 16.1. The minimum atomic E-state index is -0.736. The van der Waals surface area contributed by atoms with Crippen LogP contribution >= 0.6 is 0 Å². The van der Waals surface area contributed by atoms with Crippen molar-refractivity contribution in [3.05, 3.63) is 66.9 Å². The SMILES string of the molecule is OC(COc1ccc(F)cc1)Cn1nccc1-c1ccncc1. The van der Waals surface area contributed by atoms with Gasteiger partial charge in [-0.05, 0) is 42.5 Å². The largest absolute Gasteiger partial charge is 0.491 e. The van der Waals surface area contributed by atoms with Crippen molar-refractivity contribution in [2.75, 3.05) is 6.61 Å². The van der Waals surface area contributed by atoms with Crippen molar-refractivity contribution >= 4 is 0 Å². The van der Waals surface area contributed by atoms with Crippen LogP contribution in [0.4, 0.5) is 4.39 Å². The van der Waals surface area contributed by atoms with Crippen molar-refractivity contribution < 1.29 is 14.2 Å². The molecule has 5 nitrogen and oxygen atoms in total. The Kier molecular flexibility index (Phi) is 4.63. The average molecular weight is 313 g/mol. The molecule has 6 heteroatoms. The number of halogens is 1. The molecule has 1 N–H and O–H groups in total. The molecule has 2 heterocycles. The average Bonchev–Trinajstić information content (AvgIpc) is 3.03. The van der Waals surface area contributed by atoms with E-state index in [1.54, 1.807) is 23.3 Å². The van der Waals surface area contributed by atoms with Crippen molar-refractivity contribution in [3.8, 4) is 17.0 Å². The van der Waals surface area contributed by atoms with E-state index in [0.717, 1.165) is 11.3 Å². The summed E-state index contributed by atoms with van der Waals surface area (Å²) in [5.74, 6) is 0.191. The number of hydrogen-bond donors (Lipinski definition) is 1. The summed E-state index contributed by atoms with van der Waals surface area (Å²) in [6.45, 7) is 0.396. The smallest absolute Gasteiger partial charge is 0.123 e. The third-order valence-corrected chi connectivity index (χ3v) is 3.33. The molecule has 1 aromatic carbocycles. The molecule has 1 atom stereocenters. The van der Waals surface area contributed by atoms with Crippen LogP contribution in [0.25, 0.3) is 11.3 Å². The van der Waals surface area contributed by atoms with Gasteiger partial charge < -0.3 is 9.84 Å². The zero-order valence-corrected chi connectivity index (χ0v) is 12.3. The van der Waals surface area contributed by atoms with Gasteiger partial charge in [-0.25, -0.2) is 4.39 Å². The van der Waals surface area contributed by atoms with Crippen LogP contribution in [0.2, 0.25) is 0 Å². The Labute approximate surface area is 133 Å². The molecule has 0 amide bonds. The van der Waals surface area contributed by atoms with E-state index in [9.17, 15) is 9.50 Å². The summed E-state index contributed by atoms with van der Waals surface area (Å²) in [6.07, 6.45) is 4.37. The van der Waals surface area contributed by atoms with Crippen LogP contribution in [-0.4, -0.2) is 32.6 Å². The highest BCUT2D eigenvalue weighted by atomic mass is 19.1. The summed E-state index contributed by atoms with van der Waals surface area (Å²) in [5, 5.41) is 14.4. The Balaban J connectivity index is 1.61. The molecule has 118 valence electrons. The summed E-state index contributed by atoms with van der Waals surface area (Å²) in [7, 11) is 0. The molecule has 23 heavy (non-hydrogen) atoms. The van der Waals surface area contributed by atoms with Gasteiger partial charge in [0.05, 0.1) is 12.2 Å². The number of ether oxygens (including phenoxy) is 1. The Hall–Kier alpha value is -2.73. The molecule has 0 radical (unpaired) electrons. The second-order valence-corrected chi connectivity index (χ2v) is 5.05. The molecular formula is C17H16FN3O2. The number of aliphatic hydroxyl groups excluding tert-OH is 1. The molecule has 0 aliphatic rings. The second kappa shape index (κ2) is 7.02. The van der Waals surface area contributed by atoms with Gasteiger partial charge >= 0.3 is 0 Å². The summed E-state index contributed by atoms with van der Waals surface area (Å²) in [4.78, 5) is 3.99. The van der Waals surface area contributed by atoms with Crippen LogP contribution in [0.3, 0.4) is 0 Å². The topological polar surface area (TPSA) is 60.2 Å². The van der Waals surface area contributed by atoms with Gasteiger partial charge in [0.2, 0.25) is 0 Å². The van der Waals surface area contributed by atoms with E-state index in [0.29, 0.717) is 12.3 Å². The van der Waals surface area contributed by atoms with Crippen molar-refractivity contribution in [2.24, 2.45) is 0 Å². The standard InChI is InChI=1S/C17H16FN3O2/c18-14-1-3-16(4-2-14)23-12-15(22)11-21-17(7-10-20-21)13-5-8-19-9-6-13/h1-10,15,22H,11-12H2. The van der Waals surface area contributed by atoms with Crippen LogP contribution in [0.5, 0.6) is 5.75 Å². The van der Waals surface area contributed by atoms with E-state index >= 15 is 0 Å². The first-order valence-electron chi connectivity index (χ1n) is 7.21. The van der Waals surface area contributed by atoms with E-state index in [1.165, 1.54) is 24.3 Å². The number of aromatic nitrogens is 3. The molecule has 0 aliphatic carbocycles. The summed E-state index contributed by atoms with van der Waals surface area (Å²) in [5.41, 5.74) is 1.87. The van der Waals surface area contributed by atoms with Gasteiger partial charge in [-0.15, -0.1) is 0 Å². The molecule has 0 saturated carbocycles. The summed E-state index contributed by atoms with van der Waals surface area (Å²) in [6, 6.07) is 11.3. The van der Waals surface area contributed by atoms with Crippen LogP contribution in [0.1, 0.15) is 0 Å². The maximum absolute atomic E-state index is 12.8. The normalized spacial score (nSPS) is 12.1. The minimum Gasteiger partial charge on any atom is -0.491 e. The molecule has 0 aliphatic heterocycles. The summed E-state index contributed by atoms with van der Waals surface area (Å²) < 4.78 is 20.0. The fourth-order valence-electron chi connectivity index (χ4n) is 2.22. The van der Waals surface area contributed by atoms with Crippen LogP contribution in [-0.2, 0) is 6.54 Å². The quantitative estimate of drug-likeness (QED) is 0.759. The lowest BCUT2D eigenvalue weighted by molar-refractivity contribution is 0.0897. The van der Waals surface area contributed by atoms with Gasteiger partial charge in [0, 0.05) is 24.2 Å². The molecule has 2 aromatic heterocycles. The Morgan fingerprint density at radius 2 is 1.78 bits per heavy atom. The minimum absolute atomic E-state index is 0.0985. The molecule has 3 rings (SSSR count). The van der Waals surface area contributed by atoms with E-state index in [4.69, 9.17) is 4.74 Å². The molecular weight excluding hydrogens is 297 g/mol. The molecule has 0 saturated heterocycles. The number of pyridine rings is 1. The van der Waals surface area contributed by atoms with Crippen molar-refractivity contribution in [2.45, 2.75) is 12.6 Å². The Morgan fingerprint density at radius 3 is 2.52 bits per heavy atom. The van der Waals surface area contributed by atoms with E-state index in [-0.39, 0.29) is 12.4 Å². The monoisotopic (exact) mass is 313 g/mol. The fraction of sp³-hybridized carbons (Fsp3) is 0.176. The lowest BCUT2D eigenvalue weighted by Crippen LogP contribution is -2.24. The predicted octanol–water partition coefficient (Wildman–Crippen LogP) is 2.52. The van der Waals surface area contributed by atoms with E-state index in [2.05, 4.69) is 10.1 Å². The first kappa shape index (κ1) is 15.2. The molecule has 0 spiro atoms. The zero-order valence-electron chi connectivity index (χ0n) is 12.3. The lowest BCUT2D eigenvalue weighted by atomic mass is 10.2. The van der Waals surface area contributed by atoms with E-state index in [1.807, 2.05) is 18.2 Å². The molecule has 0 fully saturated rings. The molecule has 0 bridgehead atoms. The predicted molar refractivity (Wildman–Crippen MR) is 83.4 cm³/mol. The molecule has 1 unspecified atom stereocenters. The molecule has 3 aromatic rings. The van der Waals surface area contributed by atoms with Crippen molar-refractivity contribution in [3.63, 3.8) is 0 Å². The summed E-state index contributed by atoms with van der Waals surface area (Å²) >= 11 is 0. The first-order valence-corrected chi connectivity index (χ1v) is 7.21. The Morgan fingerprint density at radius 1 is 1.04 bits per heavy atom. The third-order valence-electron chi connectivity index (χ3n) is 3.33. The van der Waals surface area contributed by atoms with Gasteiger partial charge in [-0.1, -0.05) is 0 Å². The van der Waals surface area contributed by atoms with Gasteiger partial charge in [-0.3, -0.25) is 9.67 Å². The Bertz CT molecular complexity index is 744. The maximum Gasteiger partial charge on any atom is 0.123 e. The van der Waals surface area contributed by atoms with Crippen molar-refractivity contribution in [1.82, 2.24) is 14.8 Å². The lowest BCUT2D eigenvalue weighted by Gasteiger charge is -2.14. The number of rotatable bonds is 6. The highest BCUT2D eigenvalue weighted by molar-refractivity contribution is 5.58. The van der Waals surface area contributed by atoms with Gasteiger partial charge in [-0.2, -0.15) is 5.10 Å². The number of nitrogens with zero attached hydrogens (tertiary/aromatic N) is 3. The maximum atomic E-state index is 12.8. The van der Waals surface area contributed by atoms with Crippen LogP contribution in [0.15, 0.2) is 61.1 Å². The number of hydrogen-bond acceptors (Lipinski definition) is 4. The van der Waals surface area contributed by atoms with Gasteiger partial charge in [0.15, 0.2) is 0 Å². The second-order valence-electron chi connectivity index (χ2n) is 5.05. The van der Waals surface area contributed by atoms with Crippen molar-refractivity contribution in [1.29, 1.82) is 0 Å². The van der Waals surface area contributed by atoms with Crippen LogP contribution < -0.4 is 4.74 Å². The highest BCUT2D eigenvalue weighted by Gasteiger charge is 2.11. The van der Waals surface area contributed by atoms with Gasteiger partial charge in [0.1, 0.15) is 24.3 Å². The number of aliphatic hydroxyl groups is 1. The van der Waals surface area contributed by atoms with E-state index < -0.39 is 6.10 Å².